The normalized spacial score (nSPS) is 53.3. The number of ether oxygens (including phenoxy) is 4. The van der Waals surface area contributed by atoms with E-state index in [4.69, 9.17) is 18.9 Å². The van der Waals surface area contributed by atoms with Gasteiger partial charge in [0.25, 0.3) is 0 Å². The molecule has 6 fully saturated rings. The highest BCUT2D eigenvalue weighted by molar-refractivity contribution is 5.85. The van der Waals surface area contributed by atoms with Gasteiger partial charge in [-0.1, -0.05) is 53.2 Å². The molecule has 0 spiro atoms. The molecule has 5 aliphatic carbocycles. The van der Waals surface area contributed by atoms with Crippen molar-refractivity contribution in [2.24, 2.45) is 56.7 Å². The molecule has 20 atom stereocenters. The minimum Gasteiger partial charge on any atom is -0.481 e. The van der Waals surface area contributed by atoms with Gasteiger partial charge < -0.3 is 64.9 Å². The number of hydrogen-bond donors (Lipinski definition) is 9. The van der Waals surface area contributed by atoms with Crippen LogP contribution in [0.2, 0.25) is 0 Å². The molecule has 0 aromatic carbocycles. The van der Waals surface area contributed by atoms with Crippen molar-refractivity contribution in [1.29, 1.82) is 0 Å². The lowest BCUT2D eigenvalue weighted by Crippen LogP contribution is -2.68. The maximum atomic E-state index is 14.6. The highest BCUT2D eigenvalue weighted by Crippen LogP contribution is 2.76. The molecule has 0 amide bonds. The Hall–Kier alpha value is -1.76. The lowest BCUT2D eigenvalue weighted by atomic mass is 9.33. The summed E-state index contributed by atoms with van der Waals surface area (Å²) in [4.78, 5) is 28.8. The number of aliphatic hydroxyl groups excluding tert-OH is 8. The summed E-state index contributed by atoms with van der Waals surface area (Å²) >= 11 is 0. The molecule has 4 saturated carbocycles. The second kappa shape index (κ2) is 15.0. The quantitative estimate of drug-likeness (QED) is 0.0997. The fraction of sp³-hybridized carbons (Fsp3) is 0.905. The third-order valence-electron chi connectivity index (χ3n) is 17.4. The molecule has 57 heavy (non-hydrogen) atoms. The van der Waals surface area contributed by atoms with E-state index in [-0.39, 0.29) is 41.9 Å². The molecule has 9 N–H and O–H groups in total. The molecule has 15 heteroatoms. The predicted octanol–water partition coefficient (Wildman–Crippen LogP) is 1.24. The van der Waals surface area contributed by atoms with Crippen molar-refractivity contribution in [2.45, 2.75) is 167 Å². The summed E-state index contributed by atoms with van der Waals surface area (Å²) in [7, 11) is 0. The summed E-state index contributed by atoms with van der Waals surface area (Å²) < 4.78 is 23.7. The smallest absolute Gasteiger partial charge is 0.315 e. The van der Waals surface area contributed by atoms with Gasteiger partial charge in [-0.3, -0.25) is 9.59 Å². The number of rotatable bonds is 7. The molecule has 7 aliphatic rings. The molecule has 15 nitrogen and oxygen atoms in total. The maximum Gasteiger partial charge on any atom is 0.315 e. The number of carbonyl (C=O) groups excluding carboxylic acids is 1. The number of allylic oxidation sites excluding steroid dienone is 1. The Kier molecular flexibility index (Phi) is 11.4. The Balaban J connectivity index is 1.20. The van der Waals surface area contributed by atoms with Gasteiger partial charge in [0.05, 0.1) is 30.1 Å². The van der Waals surface area contributed by atoms with Gasteiger partial charge in [0.2, 0.25) is 6.29 Å². The largest absolute Gasteiger partial charge is 0.481 e. The highest BCUT2D eigenvalue weighted by Gasteiger charge is 2.74. The van der Waals surface area contributed by atoms with Gasteiger partial charge in [-0.2, -0.15) is 0 Å². The van der Waals surface area contributed by atoms with Crippen LogP contribution in [0.5, 0.6) is 0 Å². The number of aliphatic carboxylic acids is 1. The number of carboxylic acids is 1. The third-order valence-corrected chi connectivity index (χ3v) is 17.4. The monoisotopic (exact) mass is 810 g/mol. The molecule has 0 bridgehead atoms. The minimum atomic E-state index is -1.75. The molecule has 0 aromatic rings. The van der Waals surface area contributed by atoms with Crippen LogP contribution in [0.3, 0.4) is 0 Å². The summed E-state index contributed by atoms with van der Waals surface area (Å²) in [5.41, 5.74) is -3.12. The topological polar surface area (TPSA) is 253 Å². The number of esters is 1. The van der Waals surface area contributed by atoms with Crippen LogP contribution in [0, 0.1) is 56.7 Å². The zero-order valence-electron chi connectivity index (χ0n) is 34.1. The molecular weight excluding hydrogens is 744 g/mol. The van der Waals surface area contributed by atoms with Gasteiger partial charge in [0, 0.05) is 0 Å². The first kappa shape index (κ1) is 43.3. The number of hydrogen-bond acceptors (Lipinski definition) is 14. The van der Waals surface area contributed by atoms with Crippen molar-refractivity contribution in [3.05, 3.63) is 11.6 Å². The second-order valence-corrected chi connectivity index (χ2v) is 20.0. The minimum absolute atomic E-state index is 0.0408. The van der Waals surface area contributed by atoms with Gasteiger partial charge in [-0.05, 0) is 104 Å². The lowest BCUT2D eigenvalue weighted by Gasteiger charge is -2.70. The fourth-order valence-corrected chi connectivity index (χ4v) is 13.9. The Morgan fingerprint density at radius 3 is 1.93 bits per heavy atom. The van der Waals surface area contributed by atoms with E-state index in [2.05, 4.69) is 47.6 Å². The lowest BCUT2D eigenvalue weighted by molar-refractivity contribution is -0.330. The number of carbonyl (C=O) groups is 2. The SMILES string of the molecule is C[C@H]1[C@H](C)CC[C@]2(C(=O)O[C@@H]3O[C@H](CO)[C@@H](O)[C@H](O)[C@H]3O)CC[C@]3(C(=O)O)C(=CC[C@@H]4[C@@]5(C)CC[C@H](O[C@@H]6O[C@H](CO)[C@@H](O)[C@H](O)[C@H]6O)C(C)(C)[C@H]5CC[C@]43C)[C@H]12. The van der Waals surface area contributed by atoms with Crippen molar-refractivity contribution >= 4 is 11.9 Å². The standard InChI is InChI=1S/C42H66O15/c1-19-9-14-41(37(53)57-35-33(50)31(48)29(46)23(18-44)55-35)15-16-42(36(51)52)21(27(41)20(19)2)7-8-25-39(5)12-11-26(38(3,4)24(39)10-13-40(25,42)6)56-34-32(49)30(47)28(45)22(17-43)54-34/h7,19-20,22-35,43-50H,8-18H2,1-6H3,(H,51,52)/t19-,20+,22-,23-,24-,25-,26+,27+,28-,29-,30+,31+,32-,33-,34+,35+,39+,40-,41+,42-/m1/s1. The van der Waals surface area contributed by atoms with E-state index in [1.165, 1.54) is 0 Å². The van der Waals surface area contributed by atoms with Gasteiger partial charge in [-0.25, -0.2) is 0 Å². The Labute approximate surface area is 334 Å². The van der Waals surface area contributed by atoms with E-state index >= 15 is 0 Å². The maximum absolute atomic E-state index is 14.6. The molecule has 324 valence electrons. The summed E-state index contributed by atoms with van der Waals surface area (Å²) in [5.74, 6) is -1.90. The number of carboxylic acid groups (broad SMARTS) is 1. The van der Waals surface area contributed by atoms with Gasteiger partial charge in [-0.15, -0.1) is 0 Å². The van der Waals surface area contributed by atoms with Crippen molar-refractivity contribution in [1.82, 2.24) is 0 Å². The van der Waals surface area contributed by atoms with Crippen LogP contribution in [-0.4, -0.2) is 139 Å². The molecule has 0 radical (unpaired) electrons. The van der Waals surface area contributed by atoms with Crippen LogP contribution >= 0.6 is 0 Å². The van der Waals surface area contributed by atoms with Gasteiger partial charge in [0.15, 0.2) is 6.29 Å². The number of aliphatic hydroxyl groups is 8. The van der Waals surface area contributed by atoms with E-state index in [0.29, 0.717) is 44.9 Å². The van der Waals surface area contributed by atoms with E-state index in [9.17, 15) is 55.5 Å². The third kappa shape index (κ3) is 6.14. The van der Waals surface area contributed by atoms with Gasteiger partial charge >= 0.3 is 11.9 Å². The molecule has 2 heterocycles. The molecule has 2 aliphatic heterocycles. The average molecular weight is 811 g/mol. The van der Waals surface area contributed by atoms with E-state index in [1.807, 2.05) is 0 Å². The van der Waals surface area contributed by atoms with Crippen LogP contribution in [0.15, 0.2) is 11.6 Å². The summed E-state index contributed by atoms with van der Waals surface area (Å²) in [6.07, 6.45) is -8.38. The average Bonchev–Trinajstić information content (AvgIpc) is 3.16. The molecule has 0 aromatic heterocycles. The van der Waals surface area contributed by atoms with Crippen LogP contribution < -0.4 is 0 Å². The first-order valence-electron chi connectivity index (χ1n) is 21.1. The zero-order chi connectivity index (χ0) is 41.8. The van der Waals surface area contributed by atoms with E-state index < -0.39 is 120 Å². The van der Waals surface area contributed by atoms with Crippen molar-refractivity contribution in [3.63, 3.8) is 0 Å². The fourth-order valence-electron chi connectivity index (χ4n) is 13.9. The van der Waals surface area contributed by atoms with Crippen molar-refractivity contribution in [3.8, 4) is 0 Å². The highest BCUT2D eigenvalue weighted by atomic mass is 16.7. The second-order valence-electron chi connectivity index (χ2n) is 20.0. The van der Waals surface area contributed by atoms with Crippen LogP contribution in [-0.2, 0) is 28.5 Å². The Morgan fingerprint density at radius 1 is 0.737 bits per heavy atom. The van der Waals surface area contributed by atoms with Crippen molar-refractivity contribution < 1.29 is 74.5 Å². The summed E-state index contributed by atoms with van der Waals surface area (Å²) in [6, 6.07) is 0. The van der Waals surface area contributed by atoms with Crippen molar-refractivity contribution in [2.75, 3.05) is 13.2 Å². The molecule has 2 saturated heterocycles. The molecule has 7 rings (SSSR count). The first-order chi connectivity index (χ1) is 26.7. The van der Waals surface area contributed by atoms with Crippen LogP contribution in [0.1, 0.15) is 99.3 Å². The van der Waals surface area contributed by atoms with Gasteiger partial charge in [0.1, 0.15) is 48.8 Å². The zero-order valence-corrected chi connectivity index (χ0v) is 34.1. The van der Waals surface area contributed by atoms with Crippen LogP contribution in [0.4, 0.5) is 0 Å². The van der Waals surface area contributed by atoms with E-state index in [1.54, 1.807) is 0 Å². The van der Waals surface area contributed by atoms with E-state index in [0.717, 1.165) is 5.57 Å². The summed E-state index contributed by atoms with van der Waals surface area (Å²) in [5, 5.41) is 94.3. The predicted molar refractivity (Wildman–Crippen MR) is 199 cm³/mol. The Morgan fingerprint density at radius 2 is 1.33 bits per heavy atom. The molecule has 0 unspecified atom stereocenters. The summed E-state index contributed by atoms with van der Waals surface area (Å²) in [6.45, 7) is 11.7. The van der Waals surface area contributed by atoms with Crippen LogP contribution in [0.25, 0.3) is 0 Å². The molecular formula is C42H66O15. The Bertz CT molecular complexity index is 1570. The first-order valence-corrected chi connectivity index (χ1v) is 21.1. The number of fused-ring (bicyclic) bond motifs is 7.